The zero-order valence-corrected chi connectivity index (χ0v) is 16.5. The van der Waals surface area contributed by atoms with Crippen LogP contribution >= 0.6 is 34.9 Å². The molecule has 1 aromatic heterocycles. The second-order valence-electron chi connectivity index (χ2n) is 6.13. The van der Waals surface area contributed by atoms with Gasteiger partial charge in [0.25, 0.3) is 0 Å². The summed E-state index contributed by atoms with van der Waals surface area (Å²) in [6, 6.07) is 2.66. The van der Waals surface area contributed by atoms with E-state index >= 15 is 0 Å². The molecular formula is C15H15BrF2NO5PS. The van der Waals surface area contributed by atoms with Crippen LogP contribution in [-0.4, -0.2) is 22.3 Å². The van der Waals surface area contributed by atoms with Crippen molar-refractivity contribution >= 4 is 50.9 Å². The average Bonchev–Trinajstić information content (AvgIpc) is 3.29. The maximum atomic E-state index is 14.2. The molecule has 3 rings (SSSR count). The van der Waals surface area contributed by atoms with Crippen LogP contribution in [0.15, 0.2) is 16.6 Å². The fourth-order valence-electron chi connectivity index (χ4n) is 2.46. The highest BCUT2D eigenvalue weighted by molar-refractivity contribution is 9.10. The van der Waals surface area contributed by atoms with Crippen LogP contribution in [-0.2, 0) is 10.2 Å². The van der Waals surface area contributed by atoms with Crippen molar-refractivity contribution in [1.29, 1.82) is 0 Å². The molecule has 1 fully saturated rings. The molecule has 0 bridgehead atoms. The molecule has 11 heteroatoms. The fourth-order valence-corrected chi connectivity index (χ4v) is 5.43. The van der Waals surface area contributed by atoms with Gasteiger partial charge in [-0.25, -0.2) is 0 Å². The lowest BCUT2D eigenvalue weighted by molar-refractivity contribution is 0.0595. The Morgan fingerprint density at radius 2 is 2.08 bits per heavy atom. The zero-order valence-electron chi connectivity index (χ0n) is 13.2. The first-order valence-electron chi connectivity index (χ1n) is 7.65. The number of hydrogen-bond acceptors (Lipinski definition) is 4. The van der Waals surface area contributed by atoms with Crippen LogP contribution in [0.25, 0.3) is 10.1 Å². The minimum atomic E-state index is -5.73. The number of primary amides is 1. The number of alkyl halides is 2. The molecule has 1 saturated carbocycles. The number of rotatable bonds is 7. The van der Waals surface area contributed by atoms with Gasteiger partial charge in [0, 0.05) is 15.4 Å². The number of amides is 1. The highest BCUT2D eigenvalue weighted by Gasteiger charge is 2.53. The number of benzene rings is 1. The lowest BCUT2D eigenvalue weighted by Crippen LogP contribution is -2.12. The van der Waals surface area contributed by atoms with Crippen molar-refractivity contribution in [2.45, 2.75) is 24.9 Å². The van der Waals surface area contributed by atoms with Gasteiger partial charge in [-0.1, -0.05) is 12.8 Å². The number of carbonyl (C=O) groups is 1. The molecule has 0 saturated heterocycles. The summed E-state index contributed by atoms with van der Waals surface area (Å²) in [6.45, 7) is 0.349. The van der Waals surface area contributed by atoms with Crippen molar-refractivity contribution in [2.75, 3.05) is 6.61 Å². The highest BCUT2D eigenvalue weighted by Crippen LogP contribution is 2.63. The average molecular weight is 470 g/mol. The van der Waals surface area contributed by atoms with E-state index in [4.69, 9.17) is 20.3 Å². The SMILES string of the molecule is NC(=O)c1cc(OCCC2CC2)c2sc(C(F)(F)P(=O)(O)O)c(Br)c2c1. The first kappa shape index (κ1) is 19.7. The smallest absolute Gasteiger partial charge is 0.400 e. The van der Waals surface area contributed by atoms with Gasteiger partial charge in [0.15, 0.2) is 0 Å². The highest BCUT2D eigenvalue weighted by atomic mass is 79.9. The van der Waals surface area contributed by atoms with Crippen molar-refractivity contribution in [3.8, 4) is 5.75 Å². The Hall–Kier alpha value is -1.06. The Bertz CT molecular complexity index is 924. The van der Waals surface area contributed by atoms with Crippen molar-refractivity contribution in [2.24, 2.45) is 11.7 Å². The van der Waals surface area contributed by atoms with E-state index in [0.29, 0.717) is 23.9 Å². The predicted molar refractivity (Wildman–Crippen MR) is 96.8 cm³/mol. The summed E-state index contributed by atoms with van der Waals surface area (Å²) in [6.07, 6.45) is 3.06. The molecule has 0 aliphatic heterocycles. The number of ether oxygens (including phenoxy) is 1. The van der Waals surface area contributed by atoms with E-state index in [1.165, 1.54) is 12.1 Å². The number of nitrogens with two attached hydrogens (primary N) is 1. The Morgan fingerprint density at radius 3 is 2.62 bits per heavy atom. The van der Waals surface area contributed by atoms with Gasteiger partial charge in [-0.15, -0.1) is 11.3 Å². The van der Waals surface area contributed by atoms with Crippen LogP contribution in [0, 0.1) is 5.92 Å². The summed E-state index contributed by atoms with van der Waals surface area (Å²) in [7, 11) is -5.73. The second-order valence-corrected chi connectivity index (χ2v) is 9.59. The summed E-state index contributed by atoms with van der Waals surface area (Å²) >= 11 is 3.49. The Balaban J connectivity index is 2.11. The van der Waals surface area contributed by atoms with Crippen LogP contribution in [0.1, 0.15) is 34.5 Å². The third-order valence-corrected chi connectivity index (χ3v) is 7.58. The normalized spacial score (nSPS) is 15.4. The number of halogens is 3. The van der Waals surface area contributed by atoms with Gasteiger partial charge in [-0.3, -0.25) is 9.36 Å². The maximum Gasteiger partial charge on any atom is 0.400 e. The third kappa shape index (κ3) is 3.66. The van der Waals surface area contributed by atoms with Crippen LogP contribution in [0.2, 0.25) is 0 Å². The minimum Gasteiger partial charge on any atom is -0.492 e. The second kappa shape index (κ2) is 6.83. The van der Waals surface area contributed by atoms with Crippen molar-refractivity contribution in [3.05, 3.63) is 27.0 Å². The van der Waals surface area contributed by atoms with Gasteiger partial charge in [0.2, 0.25) is 5.91 Å². The molecule has 6 nitrogen and oxygen atoms in total. The van der Waals surface area contributed by atoms with Gasteiger partial charge < -0.3 is 20.3 Å². The number of carbonyl (C=O) groups excluding carboxylic acids is 1. The predicted octanol–water partition coefficient (Wildman–Crippen LogP) is 4.17. The summed E-state index contributed by atoms with van der Waals surface area (Å²) in [5, 5.41) is 0.191. The van der Waals surface area contributed by atoms with E-state index in [-0.39, 0.29) is 25.9 Å². The Labute approximate surface area is 159 Å². The van der Waals surface area contributed by atoms with Gasteiger partial charge >= 0.3 is 13.3 Å². The van der Waals surface area contributed by atoms with Crippen LogP contribution in [0.3, 0.4) is 0 Å². The number of thiophene rings is 1. The molecule has 1 aliphatic carbocycles. The molecule has 1 heterocycles. The van der Waals surface area contributed by atoms with Gasteiger partial charge in [0.05, 0.1) is 11.3 Å². The summed E-state index contributed by atoms with van der Waals surface area (Å²) in [5.41, 5.74) is 0.985. The van der Waals surface area contributed by atoms with Crippen LogP contribution in [0.5, 0.6) is 5.75 Å². The molecule has 1 amide bonds. The molecule has 0 radical (unpaired) electrons. The molecule has 4 N–H and O–H groups in total. The molecule has 0 spiro atoms. The molecule has 142 valence electrons. The van der Waals surface area contributed by atoms with Crippen molar-refractivity contribution in [1.82, 2.24) is 0 Å². The van der Waals surface area contributed by atoms with E-state index in [1.807, 2.05) is 0 Å². The Morgan fingerprint density at radius 1 is 1.42 bits per heavy atom. The van der Waals surface area contributed by atoms with Crippen molar-refractivity contribution in [3.63, 3.8) is 0 Å². The summed E-state index contributed by atoms with van der Waals surface area (Å²) < 4.78 is 45.4. The zero-order chi connectivity index (χ0) is 19.3. The lowest BCUT2D eigenvalue weighted by Gasteiger charge is -2.16. The van der Waals surface area contributed by atoms with Gasteiger partial charge in [-0.2, -0.15) is 8.78 Å². The number of hydrogen-bond donors (Lipinski definition) is 3. The molecule has 1 aromatic carbocycles. The molecule has 2 aromatic rings. The fraction of sp³-hybridized carbons (Fsp3) is 0.400. The monoisotopic (exact) mass is 469 g/mol. The van der Waals surface area contributed by atoms with E-state index < -0.39 is 24.0 Å². The van der Waals surface area contributed by atoms with Gasteiger partial charge in [0.1, 0.15) is 10.6 Å². The largest absolute Gasteiger partial charge is 0.492 e. The van der Waals surface area contributed by atoms with Crippen LogP contribution in [0.4, 0.5) is 8.78 Å². The van der Waals surface area contributed by atoms with Gasteiger partial charge in [-0.05, 0) is 40.4 Å². The summed E-state index contributed by atoms with van der Waals surface area (Å²) in [4.78, 5) is 28.7. The molecule has 0 unspecified atom stereocenters. The van der Waals surface area contributed by atoms with E-state index in [9.17, 15) is 18.1 Å². The molecule has 0 atom stereocenters. The quantitative estimate of drug-likeness (QED) is 0.527. The standard InChI is InChI=1S/C15H15BrF2NO5PS/c16-11-9-5-8(14(19)20)6-10(24-4-3-7-1-2-7)12(9)26-13(11)15(17,18)25(21,22)23/h5-7H,1-4H2,(H2,19,20)(H2,21,22,23). The van der Waals surface area contributed by atoms with Crippen molar-refractivity contribution < 1.29 is 32.7 Å². The maximum absolute atomic E-state index is 14.2. The van der Waals surface area contributed by atoms with E-state index in [2.05, 4.69) is 15.9 Å². The number of fused-ring (bicyclic) bond motifs is 1. The Kier molecular flexibility index (Phi) is 5.18. The van der Waals surface area contributed by atoms with Crippen LogP contribution < -0.4 is 10.5 Å². The van der Waals surface area contributed by atoms with E-state index in [0.717, 1.165) is 19.3 Å². The minimum absolute atomic E-state index is 0.0588. The first-order chi connectivity index (χ1) is 12.0. The molecule has 1 aliphatic rings. The molecular weight excluding hydrogens is 455 g/mol. The van der Waals surface area contributed by atoms with E-state index in [1.54, 1.807) is 0 Å². The summed E-state index contributed by atoms with van der Waals surface area (Å²) in [5.74, 6) is 0.0187. The first-order valence-corrected chi connectivity index (χ1v) is 10.9. The topological polar surface area (TPSA) is 110 Å². The molecule has 26 heavy (non-hydrogen) atoms. The lowest BCUT2D eigenvalue weighted by atomic mass is 10.1. The third-order valence-electron chi connectivity index (χ3n) is 4.10.